The second kappa shape index (κ2) is 4.91. The summed E-state index contributed by atoms with van der Waals surface area (Å²) in [5, 5.41) is 13.3. The summed E-state index contributed by atoms with van der Waals surface area (Å²) in [6.45, 7) is 4.35. The third kappa shape index (κ3) is 2.80. The molecule has 0 unspecified atom stereocenters. The molecule has 4 nitrogen and oxygen atoms in total. The van der Waals surface area contributed by atoms with E-state index in [2.05, 4.69) is 14.1 Å². The van der Waals surface area contributed by atoms with Gasteiger partial charge in [0.2, 0.25) is 0 Å². The van der Waals surface area contributed by atoms with Gasteiger partial charge in [0.25, 0.3) is 0 Å². The van der Waals surface area contributed by atoms with E-state index in [0.29, 0.717) is 30.4 Å². The number of rotatable bonds is 5. The van der Waals surface area contributed by atoms with E-state index in [1.807, 2.05) is 13.8 Å². The van der Waals surface area contributed by atoms with Gasteiger partial charge in [-0.25, -0.2) is 0 Å². The molecule has 0 radical (unpaired) electrons. The third-order valence-electron chi connectivity index (χ3n) is 2.35. The number of anilines is 1. The number of nitrogens with one attached hydrogen (secondary N) is 1. The van der Waals surface area contributed by atoms with Gasteiger partial charge in [-0.2, -0.15) is 8.75 Å². The predicted molar refractivity (Wildman–Crippen MR) is 58.9 cm³/mol. The molecule has 1 aromatic heterocycles. The number of hydrogen-bond donors (Lipinski definition) is 2. The highest BCUT2D eigenvalue weighted by molar-refractivity contribution is 6.99. The fourth-order valence-electron chi connectivity index (χ4n) is 1.03. The zero-order valence-corrected chi connectivity index (χ0v) is 9.82. The van der Waals surface area contributed by atoms with Gasteiger partial charge in [-0.3, -0.25) is 0 Å². The van der Waals surface area contributed by atoms with E-state index in [1.165, 1.54) is 0 Å². The van der Waals surface area contributed by atoms with Crippen molar-refractivity contribution >= 4 is 29.1 Å². The molecule has 0 atom stereocenters. The van der Waals surface area contributed by atoms with E-state index in [0.717, 1.165) is 11.7 Å². The Hall–Kier alpha value is -0.390. The van der Waals surface area contributed by atoms with E-state index in [4.69, 9.17) is 11.6 Å². The van der Waals surface area contributed by atoms with Crippen LogP contribution in [0.4, 0.5) is 5.82 Å². The Morgan fingerprint density at radius 2 is 2.07 bits per heavy atom. The van der Waals surface area contributed by atoms with Crippen LogP contribution in [0.2, 0.25) is 5.15 Å². The van der Waals surface area contributed by atoms with Crippen molar-refractivity contribution in [3.63, 3.8) is 0 Å². The lowest BCUT2D eigenvalue weighted by Crippen LogP contribution is -2.35. The number of hydrogen-bond acceptors (Lipinski definition) is 5. The number of aromatic nitrogens is 2. The zero-order valence-electron chi connectivity index (χ0n) is 8.25. The zero-order chi connectivity index (χ0) is 10.6. The Morgan fingerprint density at radius 3 is 2.50 bits per heavy atom. The Bertz CT molecular complexity index is 288. The van der Waals surface area contributed by atoms with Gasteiger partial charge in [-0.15, -0.1) is 0 Å². The van der Waals surface area contributed by atoms with Crippen LogP contribution >= 0.6 is 23.3 Å². The molecule has 80 valence electrons. The van der Waals surface area contributed by atoms with Crippen molar-refractivity contribution in [2.45, 2.75) is 32.3 Å². The van der Waals surface area contributed by atoms with Gasteiger partial charge < -0.3 is 10.4 Å². The molecule has 0 fully saturated rings. The van der Waals surface area contributed by atoms with E-state index >= 15 is 0 Å². The second-order valence-electron chi connectivity index (χ2n) is 3.19. The van der Waals surface area contributed by atoms with Gasteiger partial charge in [0, 0.05) is 6.54 Å². The molecule has 0 aliphatic carbocycles. The Labute approximate surface area is 92.6 Å². The van der Waals surface area contributed by atoms with Crippen molar-refractivity contribution in [3.05, 3.63) is 5.15 Å². The van der Waals surface area contributed by atoms with Crippen molar-refractivity contribution in [2.75, 3.05) is 11.9 Å². The largest absolute Gasteiger partial charge is 0.388 e. The second-order valence-corrected chi connectivity index (χ2v) is 4.08. The smallest absolute Gasteiger partial charge is 0.186 e. The molecule has 0 saturated carbocycles. The third-order valence-corrected chi connectivity index (χ3v) is 3.24. The summed E-state index contributed by atoms with van der Waals surface area (Å²) in [7, 11) is 0. The van der Waals surface area contributed by atoms with Crippen molar-refractivity contribution < 1.29 is 5.11 Å². The van der Waals surface area contributed by atoms with Crippen molar-refractivity contribution in [1.82, 2.24) is 8.75 Å². The maximum Gasteiger partial charge on any atom is 0.186 e. The highest BCUT2D eigenvalue weighted by Crippen LogP contribution is 2.20. The standard InChI is InChI=1S/C8H14ClN3OS/c1-3-8(13,4-2)5-10-7-6(9)11-14-12-7/h13H,3-5H2,1-2H3,(H,10,12). The van der Waals surface area contributed by atoms with E-state index in [9.17, 15) is 5.11 Å². The fraction of sp³-hybridized carbons (Fsp3) is 0.750. The molecule has 1 rings (SSSR count). The lowest BCUT2D eigenvalue weighted by molar-refractivity contribution is 0.0456. The van der Waals surface area contributed by atoms with Gasteiger partial charge in [-0.1, -0.05) is 25.4 Å². The van der Waals surface area contributed by atoms with Crippen LogP contribution in [0.1, 0.15) is 26.7 Å². The van der Waals surface area contributed by atoms with E-state index in [1.54, 1.807) is 0 Å². The van der Waals surface area contributed by atoms with E-state index in [-0.39, 0.29) is 0 Å². The first-order valence-corrected chi connectivity index (χ1v) is 5.66. The minimum atomic E-state index is -0.688. The molecule has 0 bridgehead atoms. The van der Waals surface area contributed by atoms with Crippen LogP contribution < -0.4 is 5.32 Å². The summed E-state index contributed by atoms with van der Waals surface area (Å²) in [6, 6.07) is 0. The molecule has 1 aromatic rings. The fourth-order valence-corrected chi connectivity index (χ4v) is 1.71. The first-order valence-electron chi connectivity index (χ1n) is 4.55. The molecule has 0 aliphatic heterocycles. The maximum atomic E-state index is 9.97. The molecule has 0 spiro atoms. The lowest BCUT2D eigenvalue weighted by atomic mass is 9.98. The minimum Gasteiger partial charge on any atom is -0.388 e. The average molecular weight is 236 g/mol. The lowest BCUT2D eigenvalue weighted by Gasteiger charge is -2.25. The quantitative estimate of drug-likeness (QED) is 0.821. The molecule has 0 aliphatic rings. The van der Waals surface area contributed by atoms with Gasteiger partial charge in [0.05, 0.1) is 17.3 Å². The number of halogens is 1. The molecular weight excluding hydrogens is 222 g/mol. The Balaban J connectivity index is 2.52. The highest BCUT2D eigenvalue weighted by Gasteiger charge is 2.22. The summed E-state index contributed by atoms with van der Waals surface area (Å²) in [4.78, 5) is 0. The number of nitrogens with zero attached hydrogens (tertiary/aromatic N) is 2. The van der Waals surface area contributed by atoms with Gasteiger partial charge >= 0.3 is 0 Å². The topological polar surface area (TPSA) is 58.0 Å². The molecule has 14 heavy (non-hydrogen) atoms. The average Bonchev–Trinajstić information content (AvgIpc) is 2.61. The van der Waals surface area contributed by atoms with Gasteiger partial charge in [0.15, 0.2) is 11.0 Å². The van der Waals surface area contributed by atoms with Crippen molar-refractivity contribution in [2.24, 2.45) is 0 Å². The van der Waals surface area contributed by atoms with Crippen LogP contribution in [-0.4, -0.2) is 26.0 Å². The molecule has 2 N–H and O–H groups in total. The van der Waals surface area contributed by atoms with Crippen LogP contribution in [0.25, 0.3) is 0 Å². The highest BCUT2D eigenvalue weighted by atomic mass is 35.5. The summed E-state index contributed by atoms with van der Waals surface area (Å²) < 4.78 is 7.78. The van der Waals surface area contributed by atoms with Crippen LogP contribution in [0.5, 0.6) is 0 Å². The summed E-state index contributed by atoms with van der Waals surface area (Å²) in [6.07, 6.45) is 1.40. The minimum absolute atomic E-state index is 0.365. The molecule has 1 heterocycles. The van der Waals surface area contributed by atoms with Crippen LogP contribution in [0.3, 0.4) is 0 Å². The monoisotopic (exact) mass is 235 g/mol. The van der Waals surface area contributed by atoms with Crippen LogP contribution in [-0.2, 0) is 0 Å². The van der Waals surface area contributed by atoms with Gasteiger partial charge in [-0.05, 0) is 12.8 Å². The summed E-state index contributed by atoms with van der Waals surface area (Å²) in [5.74, 6) is 0.553. The van der Waals surface area contributed by atoms with Crippen LogP contribution in [0, 0.1) is 0 Å². The maximum absolute atomic E-state index is 9.97. The number of aliphatic hydroxyl groups is 1. The molecule has 0 aromatic carbocycles. The van der Waals surface area contributed by atoms with E-state index < -0.39 is 5.60 Å². The first kappa shape index (κ1) is 11.7. The molecule has 6 heteroatoms. The molecule has 0 saturated heterocycles. The SMILES string of the molecule is CCC(O)(CC)CNc1nsnc1Cl. The normalized spacial score (nSPS) is 11.7. The molecule has 0 amide bonds. The predicted octanol–water partition coefficient (Wildman–Crippen LogP) is 2.15. The van der Waals surface area contributed by atoms with Gasteiger partial charge in [0.1, 0.15) is 0 Å². The Kier molecular flexibility index (Phi) is 4.10. The summed E-state index contributed by atoms with van der Waals surface area (Å²) in [5.41, 5.74) is -0.688. The first-order chi connectivity index (χ1) is 6.61. The summed E-state index contributed by atoms with van der Waals surface area (Å²) >= 11 is 6.80. The van der Waals surface area contributed by atoms with Crippen molar-refractivity contribution in [3.8, 4) is 0 Å². The van der Waals surface area contributed by atoms with Crippen LogP contribution in [0.15, 0.2) is 0 Å². The van der Waals surface area contributed by atoms with Crippen molar-refractivity contribution in [1.29, 1.82) is 0 Å². The Morgan fingerprint density at radius 1 is 1.43 bits per heavy atom. The molecular formula is C8H14ClN3OS.